The summed E-state index contributed by atoms with van der Waals surface area (Å²) in [4.78, 5) is 28.7. The normalized spacial score (nSPS) is 11.6. The van der Waals surface area contributed by atoms with Crippen molar-refractivity contribution in [2.24, 2.45) is 5.92 Å². The second-order valence-corrected chi connectivity index (χ2v) is 10.6. The van der Waals surface area contributed by atoms with Crippen LogP contribution in [0.25, 0.3) is 6.08 Å². The van der Waals surface area contributed by atoms with Crippen molar-refractivity contribution >= 4 is 44.5 Å². The zero-order valence-electron chi connectivity index (χ0n) is 19.6. The minimum Gasteiger partial charge on any atom is -0.497 e. The van der Waals surface area contributed by atoms with Gasteiger partial charge in [-0.2, -0.15) is 14.6 Å². The highest BCUT2D eigenvalue weighted by atomic mass is 32.2. The van der Waals surface area contributed by atoms with Crippen molar-refractivity contribution in [3.63, 3.8) is 0 Å². The number of nitrogens with zero attached hydrogens (tertiary/aromatic N) is 3. The fourth-order valence-electron chi connectivity index (χ4n) is 2.93. The van der Waals surface area contributed by atoms with Gasteiger partial charge in [-0.1, -0.05) is 32.0 Å². The summed E-state index contributed by atoms with van der Waals surface area (Å²) < 4.78 is 38.7. The molecule has 1 N–H and O–H groups in total. The van der Waals surface area contributed by atoms with Crippen LogP contribution in [0.4, 0.5) is 5.13 Å². The number of hydrogen-bond donors (Lipinski definition) is 1. The Bertz CT molecular complexity index is 1440. The van der Waals surface area contributed by atoms with Gasteiger partial charge in [0.15, 0.2) is 0 Å². The summed E-state index contributed by atoms with van der Waals surface area (Å²) >= 11 is 0.709. The topological polar surface area (TPSA) is 148 Å². The fraction of sp³-hybridized carbons (Fsp3) is 0.208. The second kappa shape index (κ2) is 11.6. The molecule has 0 saturated heterocycles. The first kappa shape index (κ1) is 26.5. The standard InChI is InChI=1S/C24H22N4O6S2/c1-15(2)14-36(31,32)24-27-23(35-28-24)26-21(29)18(13-25)11-16-7-9-19(10-8-16)34-22(30)17-5-4-6-20(12-17)33-3/h4-12,15H,14H2,1-3H3,(H,26,27,28,29). The van der Waals surface area contributed by atoms with Crippen LogP contribution in [-0.4, -0.2) is 42.5 Å². The Labute approximate surface area is 212 Å². The van der Waals surface area contributed by atoms with Gasteiger partial charge in [0.2, 0.25) is 15.0 Å². The molecular weight excluding hydrogens is 504 g/mol. The molecule has 1 heterocycles. The molecule has 12 heteroatoms. The van der Waals surface area contributed by atoms with Crippen LogP contribution in [0.2, 0.25) is 0 Å². The molecule has 2 aromatic carbocycles. The van der Waals surface area contributed by atoms with E-state index >= 15 is 0 Å². The van der Waals surface area contributed by atoms with E-state index in [0.29, 0.717) is 28.4 Å². The summed E-state index contributed by atoms with van der Waals surface area (Å²) in [5.41, 5.74) is 0.580. The lowest BCUT2D eigenvalue weighted by atomic mass is 10.1. The number of esters is 1. The zero-order valence-corrected chi connectivity index (χ0v) is 21.2. The highest BCUT2D eigenvalue weighted by Gasteiger charge is 2.23. The van der Waals surface area contributed by atoms with Crippen molar-refractivity contribution in [3.8, 4) is 17.6 Å². The maximum Gasteiger partial charge on any atom is 0.343 e. The zero-order chi connectivity index (χ0) is 26.3. The molecule has 0 atom stereocenters. The number of benzene rings is 2. The van der Waals surface area contributed by atoms with E-state index in [-0.39, 0.29) is 33.3 Å². The molecule has 186 valence electrons. The van der Waals surface area contributed by atoms with Crippen molar-refractivity contribution < 1.29 is 27.5 Å². The first-order chi connectivity index (χ1) is 17.1. The molecule has 0 aliphatic rings. The maximum absolute atomic E-state index is 12.5. The van der Waals surface area contributed by atoms with Crippen LogP contribution in [0.3, 0.4) is 0 Å². The van der Waals surface area contributed by atoms with Crippen LogP contribution in [0.1, 0.15) is 29.8 Å². The molecule has 1 amide bonds. The van der Waals surface area contributed by atoms with Gasteiger partial charge in [0, 0.05) is 11.5 Å². The van der Waals surface area contributed by atoms with E-state index in [1.807, 2.05) is 0 Å². The predicted octanol–water partition coefficient (Wildman–Crippen LogP) is 3.74. The monoisotopic (exact) mass is 526 g/mol. The van der Waals surface area contributed by atoms with Gasteiger partial charge in [-0.05, 0) is 47.9 Å². The molecule has 0 radical (unpaired) electrons. The van der Waals surface area contributed by atoms with Gasteiger partial charge >= 0.3 is 5.97 Å². The molecule has 0 unspecified atom stereocenters. The van der Waals surface area contributed by atoms with E-state index in [1.54, 1.807) is 56.3 Å². The number of methoxy groups -OCH3 is 1. The van der Waals surface area contributed by atoms with Crippen molar-refractivity contribution in [3.05, 3.63) is 65.2 Å². The van der Waals surface area contributed by atoms with Gasteiger partial charge in [0.1, 0.15) is 23.1 Å². The Morgan fingerprint density at radius 2 is 1.89 bits per heavy atom. The van der Waals surface area contributed by atoms with E-state index < -0.39 is 21.7 Å². The predicted molar refractivity (Wildman–Crippen MR) is 133 cm³/mol. The summed E-state index contributed by atoms with van der Waals surface area (Å²) in [6.45, 7) is 3.52. The van der Waals surface area contributed by atoms with Gasteiger partial charge in [-0.25, -0.2) is 13.2 Å². The van der Waals surface area contributed by atoms with E-state index in [4.69, 9.17) is 9.47 Å². The average Bonchev–Trinajstić information content (AvgIpc) is 3.32. The third-order valence-electron chi connectivity index (χ3n) is 4.53. The minimum absolute atomic E-state index is 0.0386. The lowest BCUT2D eigenvalue weighted by molar-refractivity contribution is -0.112. The molecule has 1 aromatic heterocycles. The number of carbonyl (C=O) groups excluding carboxylic acids is 2. The molecule has 0 fully saturated rings. The van der Waals surface area contributed by atoms with E-state index in [1.165, 1.54) is 25.3 Å². The summed E-state index contributed by atoms with van der Waals surface area (Å²) in [7, 11) is -2.17. The van der Waals surface area contributed by atoms with Crippen molar-refractivity contribution in [1.82, 2.24) is 9.36 Å². The maximum atomic E-state index is 12.5. The molecule has 0 saturated carbocycles. The van der Waals surface area contributed by atoms with Crippen LogP contribution < -0.4 is 14.8 Å². The first-order valence-corrected chi connectivity index (χ1v) is 13.0. The number of amides is 1. The molecule has 0 spiro atoms. The van der Waals surface area contributed by atoms with E-state index in [9.17, 15) is 23.3 Å². The Hall–Kier alpha value is -4.08. The van der Waals surface area contributed by atoms with E-state index in [2.05, 4.69) is 14.7 Å². The number of ether oxygens (including phenoxy) is 2. The smallest absolute Gasteiger partial charge is 0.343 e. The average molecular weight is 527 g/mol. The number of anilines is 1. The van der Waals surface area contributed by atoms with Crippen LogP contribution >= 0.6 is 11.5 Å². The van der Waals surface area contributed by atoms with Gasteiger partial charge in [0.25, 0.3) is 11.1 Å². The Morgan fingerprint density at radius 3 is 2.53 bits per heavy atom. The number of nitrogens with one attached hydrogen (secondary N) is 1. The molecule has 36 heavy (non-hydrogen) atoms. The highest BCUT2D eigenvalue weighted by molar-refractivity contribution is 7.91. The molecule has 0 aliphatic heterocycles. The molecular formula is C24H22N4O6S2. The first-order valence-electron chi connectivity index (χ1n) is 10.6. The molecule has 3 aromatic rings. The number of hydrogen-bond acceptors (Lipinski definition) is 10. The van der Waals surface area contributed by atoms with E-state index in [0.717, 1.165) is 0 Å². The highest BCUT2D eigenvalue weighted by Crippen LogP contribution is 2.20. The van der Waals surface area contributed by atoms with Crippen molar-refractivity contribution in [2.45, 2.75) is 19.0 Å². The lowest BCUT2D eigenvalue weighted by Crippen LogP contribution is -2.15. The SMILES string of the molecule is COc1cccc(C(=O)Oc2ccc(C=C(C#N)C(=O)Nc3nc(S(=O)(=O)CC(C)C)ns3)cc2)c1. The summed E-state index contributed by atoms with van der Waals surface area (Å²) in [5.74, 6) is -0.774. The Kier molecular flexibility index (Phi) is 8.52. The fourth-order valence-corrected chi connectivity index (χ4v) is 5.28. The number of carbonyl (C=O) groups is 2. The number of aromatic nitrogens is 2. The van der Waals surface area contributed by atoms with Gasteiger partial charge < -0.3 is 9.47 Å². The van der Waals surface area contributed by atoms with Gasteiger partial charge in [0.05, 0.1) is 18.4 Å². The Morgan fingerprint density at radius 1 is 1.17 bits per heavy atom. The minimum atomic E-state index is -3.67. The quantitative estimate of drug-likeness (QED) is 0.190. The van der Waals surface area contributed by atoms with Crippen LogP contribution in [0.5, 0.6) is 11.5 Å². The lowest BCUT2D eigenvalue weighted by Gasteiger charge is -2.06. The largest absolute Gasteiger partial charge is 0.497 e. The molecule has 10 nitrogen and oxygen atoms in total. The number of sulfone groups is 1. The van der Waals surface area contributed by atoms with Gasteiger partial charge in [-0.15, -0.1) is 0 Å². The third kappa shape index (κ3) is 6.97. The van der Waals surface area contributed by atoms with Crippen molar-refractivity contribution in [1.29, 1.82) is 5.26 Å². The Balaban J connectivity index is 1.67. The summed E-state index contributed by atoms with van der Waals surface area (Å²) in [6, 6.07) is 14.5. The van der Waals surface area contributed by atoms with Gasteiger partial charge in [-0.3, -0.25) is 10.1 Å². The number of rotatable bonds is 9. The summed E-state index contributed by atoms with van der Waals surface area (Å²) in [5, 5.41) is 11.4. The molecule has 0 bridgehead atoms. The third-order valence-corrected chi connectivity index (χ3v) is 7.12. The van der Waals surface area contributed by atoms with Crippen LogP contribution in [0.15, 0.2) is 59.3 Å². The molecule has 0 aliphatic carbocycles. The summed E-state index contributed by atoms with van der Waals surface area (Å²) in [6.07, 6.45) is 1.33. The second-order valence-electron chi connectivity index (χ2n) is 7.87. The number of nitriles is 1. The van der Waals surface area contributed by atoms with Crippen LogP contribution in [0, 0.1) is 17.2 Å². The van der Waals surface area contributed by atoms with Crippen molar-refractivity contribution in [2.75, 3.05) is 18.2 Å². The van der Waals surface area contributed by atoms with Crippen LogP contribution in [-0.2, 0) is 14.6 Å². The molecule has 3 rings (SSSR count).